The van der Waals surface area contributed by atoms with Crippen molar-refractivity contribution in [3.63, 3.8) is 0 Å². The number of nitrogens with zero attached hydrogens (tertiary/aromatic N) is 3. The number of hydrogen-bond acceptors (Lipinski definition) is 5. The van der Waals surface area contributed by atoms with Crippen molar-refractivity contribution in [2.75, 3.05) is 20.1 Å². The fourth-order valence-corrected chi connectivity index (χ4v) is 3.78. The maximum absolute atomic E-state index is 9.10. The molecule has 2 aliphatic heterocycles. The van der Waals surface area contributed by atoms with Gasteiger partial charge in [0.25, 0.3) is 0 Å². The van der Waals surface area contributed by atoms with Gasteiger partial charge in [0.05, 0.1) is 11.8 Å². The first-order valence-corrected chi connectivity index (χ1v) is 9.96. The summed E-state index contributed by atoms with van der Waals surface area (Å²) in [5.41, 5.74) is 3.58. The van der Waals surface area contributed by atoms with Gasteiger partial charge >= 0.3 is 11.9 Å². The van der Waals surface area contributed by atoms with Crippen molar-refractivity contribution in [3.05, 3.63) is 59.7 Å². The van der Waals surface area contributed by atoms with Gasteiger partial charge in [0.2, 0.25) is 0 Å². The first-order valence-electron chi connectivity index (χ1n) is 9.96. The molecule has 8 heteroatoms. The molecule has 0 bridgehead atoms. The Morgan fingerprint density at radius 2 is 1.83 bits per heavy atom. The number of hydrogen-bond donors (Lipinski definition) is 2. The number of imidazole rings is 1. The summed E-state index contributed by atoms with van der Waals surface area (Å²) in [6.45, 7) is 7.02. The second kappa shape index (κ2) is 9.69. The van der Waals surface area contributed by atoms with Crippen LogP contribution in [-0.2, 0) is 27.3 Å². The van der Waals surface area contributed by atoms with Gasteiger partial charge in [0, 0.05) is 25.8 Å². The van der Waals surface area contributed by atoms with Crippen molar-refractivity contribution in [2.45, 2.75) is 38.0 Å². The molecule has 1 saturated heterocycles. The number of rotatable bonds is 3. The number of aromatic nitrogens is 2. The van der Waals surface area contributed by atoms with E-state index in [0.29, 0.717) is 6.10 Å². The molecule has 0 radical (unpaired) electrons. The van der Waals surface area contributed by atoms with E-state index in [2.05, 4.69) is 53.6 Å². The third-order valence-electron chi connectivity index (χ3n) is 5.41. The van der Waals surface area contributed by atoms with Crippen molar-refractivity contribution < 1.29 is 24.5 Å². The Morgan fingerprint density at radius 3 is 2.47 bits per heavy atom. The van der Waals surface area contributed by atoms with Crippen molar-refractivity contribution >= 4 is 18.0 Å². The van der Waals surface area contributed by atoms with Gasteiger partial charge in [-0.05, 0) is 43.5 Å². The third-order valence-corrected chi connectivity index (χ3v) is 5.41. The fraction of sp³-hybridized carbons (Fsp3) is 0.409. The zero-order valence-corrected chi connectivity index (χ0v) is 17.0. The standard InChI is InChI=1S/C20H25N3O.C2H2O4/c1-3-16-14-23-13-8-15-6-4-5-7-18(15)19(20(23)21-16)24-17-9-11-22(2)12-10-17;3-1(4)2(5)6/h3-7,14,17,19H,1,8-13H2,2H3;(H,3,4)(H,5,6). The minimum Gasteiger partial charge on any atom is -0.473 e. The molecule has 30 heavy (non-hydrogen) atoms. The normalized spacial score (nSPS) is 18.9. The summed E-state index contributed by atoms with van der Waals surface area (Å²) < 4.78 is 8.87. The van der Waals surface area contributed by atoms with Crippen LogP contribution in [0.2, 0.25) is 0 Å². The molecule has 3 heterocycles. The minimum absolute atomic E-state index is 0.0780. The average molecular weight is 413 g/mol. The van der Waals surface area contributed by atoms with Crippen LogP contribution in [0.3, 0.4) is 0 Å². The fourth-order valence-electron chi connectivity index (χ4n) is 3.78. The minimum atomic E-state index is -1.82. The molecule has 2 N–H and O–H groups in total. The van der Waals surface area contributed by atoms with Gasteiger partial charge in [-0.15, -0.1) is 0 Å². The van der Waals surface area contributed by atoms with Crippen LogP contribution < -0.4 is 0 Å². The van der Waals surface area contributed by atoms with Crippen LogP contribution in [0.25, 0.3) is 6.08 Å². The highest BCUT2D eigenvalue weighted by Gasteiger charge is 2.30. The van der Waals surface area contributed by atoms with Crippen molar-refractivity contribution in [3.8, 4) is 0 Å². The van der Waals surface area contributed by atoms with E-state index in [1.807, 2.05) is 6.08 Å². The summed E-state index contributed by atoms with van der Waals surface area (Å²) in [6, 6.07) is 8.65. The zero-order chi connectivity index (χ0) is 21.7. The second-order valence-electron chi connectivity index (χ2n) is 7.50. The first-order chi connectivity index (χ1) is 14.4. The predicted octanol–water partition coefficient (Wildman–Crippen LogP) is 2.44. The van der Waals surface area contributed by atoms with Crippen molar-refractivity contribution in [2.24, 2.45) is 0 Å². The van der Waals surface area contributed by atoms with Crippen LogP contribution in [0.4, 0.5) is 0 Å². The third kappa shape index (κ3) is 5.14. The first kappa shape index (κ1) is 21.7. The van der Waals surface area contributed by atoms with Gasteiger partial charge in [-0.25, -0.2) is 14.6 Å². The lowest BCUT2D eigenvalue weighted by atomic mass is 10.00. The van der Waals surface area contributed by atoms with Crippen LogP contribution in [-0.4, -0.2) is 62.8 Å². The van der Waals surface area contributed by atoms with Crippen LogP contribution >= 0.6 is 0 Å². The molecule has 8 nitrogen and oxygen atoms in total. The number of aliphatic carboxylic acids is 2. The molecule has 4 rings (SSSR count). The molecular formula is C22H27N3O5. The summed E-state index contributed by atoms with van der Waals surface area (Å²) in [4.78, 5) is 25.4. The quantitative estimate of drug-likeness (QED) is 0.745. The number of benzene rings is 1. The topological polar surface area (TPSA) is 105 Å². The lowest BCUT2D eigenvalue weighted by Crippen LogP contribution is -2.35. The summed E-state index contributed by atoms with van der Waals surface area (Å²) in [5.74, 6) is -2.63. The van der Waals surface area contributed by atoms with E-state index < -0.39 is 11.9 Å². The van der Waals surface area contributed by atoms with Crippen LogP contribution in [0.15, 0.2) is 37.0 Å². The number of likely N-dealkylation sites (tertiary alicyclic amines) is 1. The van der Waals surface area contributed by atoms with Crippen LogP contribution in [0.1, 0.15) is 41.6 Å². The Morgan fingerprint density at radius 1 is 1.17 bits per heavy atom. The summed E-state index contributed by atoms with van der Waals surface area (Å²) >= 11 is 0. The molecule has 0 amide bonds. The van der Waals surface area contributed by atoms with Gasteiger partial charge in [-0.1, -0.05) is 30.8 Å². The van der Waals surface area contributed by atoms with Crippen molar-refractivity contribution in [1.29, 1.82) is 0 Å². The zero-order valence-electron chi connectivity index (χ0n) is 17.0. The molecule has 0 aliphatic carbocycles. The molecule has 160 valence electrons. The average Bonchev–Trinajstić information content (AvgIpc) is 3.10. The molecule has 2 aliphatic rings. The molecule has 2 aromatic rings. The smallest absolute Gasteiger partial charge is 0.414 e. The lowest BCUT2D eigenvalue weighted by molar-refractivity contribution is -0.159. The molecule has 0 spiro atoms. The number of piperidine rings is 1. The molecule has 0 saturated carbocycles. The van der Waals surface area contributed by atoms with Gasteiger partial charge in [-0.3, -0.25) is 0 Å². The number of carboxylic acid groups (broad SMARTS) is 2. The summed E-state index contributed by atoms with van der Waals surface area (Å²) in [5, 5.41) is 14.8. The molecule has 1 fully saturated rings. The van der Waals surface area contributed by atoms with Crippen LogP contribution in [0, 0.1) is 0 Å². The maximum Gasteiger partial charge on any atom is 0.414 e. The number of aryl methyl sites for hydroxylation is 2. The summed E-state index contributed by atoms with van der Waals surface area (Å²) in [7, 11) is 2.18. The van der Waals surface area contributed by atoms with E-state index in [-0.39, 0.29) is 6.10 Å². The molecule has 1 unspecified atom stereocenters. The Bertz CT molecular complexity index is 903. The Balaban J connectivity index is 0.000000377. The highest BCUT2D eigenvalue weighted by Crippen LogP contribution is 2.34. The van der Waals surface area contributed by atoms with Gasteiger partial charge in [0.15, 0.2) is 0 Å². The Labute approximate surface area is 175 Å². The number of carboxylic acids is 2. The van der Waals surface area contributed by atoms with Gasteiger partial charge in [0.1, 0.15) is 11.9 Å². The Hall–Kier alpha value is -2.97. The Kier molecular flexibility index (Phi) is 7.02. The highest BCUT2D eigenvalue weighted by molar-refractivity contribution is 6.27. The van der Waals surface area contributed by atoms with Gasteiger partial charge in [-0.2, -0.15) is 0 Å². The monoisotopic (exact) mass is 413 g/mol. The van der Waals surface area contributed by atoms with Gasteiger partial charge < -0.3 is 24.4 Å². The van der Waals surface area contributed by atoms with E-state index in [1.165, 1.54) is 11.1 Å². The lowest BCUT2D eigenvalue weighted by Gasteiger charge is -2.32. The number of ether oxygens (including phenoxy) is 1. The SMILES string of the molecule is C=Cc1cn2c(n1)C(OC1CCN(C)CC1)c1ccccc1CC2.O=C(O)C(=O)O. The van der Waals surface area contributed by atoms with E-state index in [4.69, 9.17) is 29.5 Å². The number of fused-ring (bicyclic) bond motifs is 2. The van der Waals surface area contributed by atoms with E-state index >= 15 is 0 Å². The highest BCUT2D eigenvalue weighted by atomic mass is 16.5. The second-order valence-corrected chi connectivity index (χ2v) is 7.50. The van der Waals surface area contributed by atoms with Crippen LogP contribution in [0.5, 0.6) is 0 Å². The van der Waals surface area contributed by atoms with E-state index in [9.17, 15) is 0 Å². The summed E-state index contributed by atoms with van der Waals surface area (Å²) in [6.07, 6.45) is 7.33. The largest absolute Gasteiger partial charge is 0.473 e. The predicted molar refractivity (Wildman–Crippen MR) is 111 cm³/mol. The van der Waals surface area contributed by atoms with E-state index in [0.717, 1.165) is 50.4 Å². The number of carbonyl (C=O) groups is 2. The molecule has 1 aromatic heterocycles. The van der Waals surface area contributed by atoms with E-state index in [1.54, 1.807) is 0 Å². The maximum atomic E-state index is 9.10. The molecule has 1 atom stereocenters. The molecular weight excluding hydrogens is 386 g/mol. The molecule has 1 aromatic carbocycles. The van der Waals surface area contributed by atoms with Crippen molar-refractivity contribution in [1.82, 2.24) is 14.5 Å².